The molecule has 4 aromatic rings. The Bertz CT molecular complexity index is 1430. The Morgan fingerprint density at radius 3 is 1.78 bits per heavy atom. The number of unbranched alkanes of at least 4 members (excludes halogenated alkanes) is 1. The minimum atomic E-state index is -0.950. The van der Waals surface area contributed by atoms with Gasteiger partial charge >= 0.3 is 12.0 Å². The number of carboxylic acid groups (broad SMARTS) is 1. The summed E-state index contributed by atoms with van der Waals surface area (Å²) in [4.78, 5) is 37.1. The van der Waals surface area contributed by atoms with Crippen molar-refractivity contribution in [3.63, 3.8) is 0 Å². The minimum Gasteiger partial charge on any atom is -0.481 e. The van der Waals surface area contributed by atoms with E-state index in [1.54, 1.807) is 12.1 Å². The lowest BCUT2D eigenvalue weighted by Crippen LogP contribution is -2.19. The molecule has 0 saturated heterocycles. The Labute approximate surface area is 241 Å². The first kappa shape index (κ1) is 29.3. The number of carboxylic acids is 1. The highest BCUT2D eigenvalue weighted by atomic mass is 16.4. The van der Waals surface area contributed by atoms with Crippen LogP contribution in [0.4, 0.5) is 16.2 Å². The van der Waals surface area contributed by atoms with Gasteiger partial charge in [-0.25, -0.2) is 4.79 Å². The largest absolute Gasteiger partial charge is 0.481 e. The van der Waals surface area contributed by atoms with E-state index in [1.807, 2.05) is 91.0 Å². The number of carbonyl (C=O) groups excluding carboxylic acids is 2. The van der Waals surface area contributed by atoms with Crippen molar-refractivity contribution in [3.05, 3.63) is 120 Å². The fourth-order valence-electron chi connectivity index (χ4n) is 4.66. The average molecular weight is 549 g/mol. The van der Waals surface area contributed by atoms with Crippen LogP contribution in [0.1, 0.15) is 54.1 Å². The molecule has 210 valence electrons. The van der Waals surface area contributed by atoms with Gasteiger partial charge < -0.3 is 15.7 Å². The average Bonchev–Trinajstić information content (AvgIpc) is 2.99. The van der Waals surface area contributed by atoms with Crippen LogP contribution in [-0.4, -0.2) is 22.9 Å². The van der Waals surface area contributed by atoms with Crippen LogP contribution < -0.4 is 10.6 Å². The maximum atomic E-state index is 12.8. The maximum Gasteiger partial charge on any atom is 0.323 e. The Kier molecular flexibility index (Phi) is 10.4. The number of aliphatic carboxylic acids is 1. The van der Waals surface area contributed by atoms with E-state index >= 15 is 0 Å². The van der Waals surface area contributed by atoms with Crippen LogP contribution in [0.2, 0.25) is 0 Å². The van der Waals surface area contributed by atoms with Crippen LogP contribution in [0.5, 0.6) is 0 Å². The van der Waals surface area contributed by atoms with Crippen molar-refractivity contribution >= 4 is 29.2 Å². The van der Waals surface area contributed by atoms with E-state index in [-0.39, 0.29) is 18.2 Å². The second-order valence-corrected chi connectivity index (χ2v) is 10.2. The highest BCUT2D eigenvalue weighted by Gasteiger charge is 2.22. The first-order chi connectivity index (χ1) is 19.9. The fourth-order valence-corrected chi connectivity index (χ4v) is 4.66. The smallest absolute Gasteiger partial charge is 0.323 e. The molecule has 4 aromatic carbocycles. The first-order valence-corrected chi connectivity index (χ1v) is 14.1. The van der Waals surface area contributed by atoms with E-state index in [9.17, 15) is 19.5 Å². The molecule has 0 radical (unpaired) electrons. The quantitative estimate of drug-likeness (QED) is 0.147. The van der Waals surface area contributed by atoms with Crippen LogP contribution in [-0.2, 0) is 17.6 Å². The van der Waals surface area contributed by atoms with Gasteiger partial charge in [0.25, 0.3) is 0 Å². The van der Waals surface area contributed by atoms with Crippen LogP contribution in [0.15, 0.2) is 103 Å². The molecular formula is C35H36N2O4. The summed E-state index contributed by atoms with van der Waals surface area (Å²) in [5.74, 6) is -1.86. The topological polar surface area (TPSA) is 95.5 Å². The summed E-state index contributed by atoms with van der Waals surface area (Å²) < 4.78 is 0. The lowest BCUT2D eigenvalue weighted by Gasteiger charge is -2.12. The van der Waals surface area contributed by atoms with E-state index in [0.717, 1.165) is 41.6 Å². The molecule has 3 N–H and O–H groups in total. The van der Waals surface area contributed by atoms with Gasteiger partial charge in [-0.05, 0) is 72.2 Å². The van der Waals surface area contributed by atoms with Crippen molar-refractivity contribution in [1.82, 2.24) is 0 Å². The van der Waals surface area contributed by atoms with E-state index < -0.39 is 11.9 Å². The number of benzene rings is 4. The summed E-state index contributed by atoms with van der Waals surface area (Å²) in [6.07, 6.45) is 4.32. The molecule has 1 unspecified atom stereocenters. The van der Waals surface area contributed by atoms with Crippen molar-refractivity contribution in [2.45, 2.75) is 45.4 Å². The molecule has 0 fully saturated rings. The molecule has 0 spiro atoms. The van der Waals surface area contributed by atoms with Crippen LogP contribution in [0.25, 0.3) is 11.1 Å². The van der Waals surface area contributed by atoms with Gasteiger partial charge in [0.1, 0.15) is 0 Å². The number of carbonyl (C=O) groups is 3. The fraction of sp³-hybridized carbons (Fsp3) is 0.229. The highest BCUT2D eigenvalue weighted by Crippen LogP contribution is 2.24. The predicted octanol–water partition coefficient (Wildman–Crippen LogP) is 8.25. The van der Waals surface area contributed by atoms with E-state index in [2.05, 4.69) is 17.6 Å². The molecule has 0 saturated carbocycles. The lowest BCUT2D eigenvalue weighted by atomic mass is 9.92. The minimum absolute atomic E-state index is 0.0348. The zero-order valence-electron chi connectivity index (χ0n) is 23.3. The number of anilines is 2. The number of hydrogen-bond acceptors (Lipinski definition) is 3. The normalized spacial score (nSPS) is 11.4. The molecule has 2 amide bonds. The summed E-state index contributed by atoms with van der Waals surface area (Å²) >= 11 is 0. The Hall–Kier alpha value is -4.71. The monoisotopic (exact) mass is 548 g/mol. The summed E-state index contributed by atoms with van der Waals surface area (Å²) in [5, 5.41) is 15.3. The molecule has 6 heteroatoms. The van der Waals surface area contributed by atoms with Gasteiger partial charge in [0, 0.05) is 23.4 Å². The van der Waals surface area contributed by atoms with E-state index in [1.165, 1.54) is 5.56 Å². The standard InChI is InChI=1S/C35H36N2O4/c1-2-3-7-26-11-20-31(21-12-26)36-35(41)37-32-22-18-28(19-23-32)27-14-16-29(17-15-27)33(38)24-30(34(39)40)13-10-25-8-5-4-6-9-25/h4-6,8-9,11-12,14-23,30H,2-3,7,10,13,24H2,1H3,(H,39,40)(H2,36,37,41). The number of hydrogen-bond donors (Lipinski definition) is 3. The number of rotatable bonds is 13. The second-order valence-electron chi connectivity index (χ2n) is 10.2. The number of nitrogens with one attached hydrogen (secondary N) is 2. The number of aryl methyl sites for hydroxylation is 2. The molecule has 0 bridgehead atoms. The van der Waals surface area contributed by atoms with E-state index in [4.69, 9.17) is 0 Å². The van der Waals surface area contributed by atoms with Crippen molar-refractivity contribution in [3.8, 4) is 11.1 Å². The van der Waals surface area contributed by atoms with Crippen molar-refractivity contribution in [1.29, 1.82) is 0 Å². The Morgan fingerprint density at radius 1 is 0.683 bits per heavy atom. The van der Waals surface area contributed by atoms with E-state index in [0.29, 0.717) is 24.1 Å². The molecule has 0 heterocycles. The third kappa shape index (κ3) is 8.90. The summed E-state index contributed by atoms with van der Waals surface area (Å²) in [5.41, 5.74) is 6.06. The van der Waals surface area contributed by atoms with Gasteiger partial charge in [-0.1, -0.05) is 92.2 Å². The molecule has 1 atom stereocenters. The van der Waals surface area contributed by atoms with Crippen LogP contribution in [0, 0.1) is 5.92 Å². The Morgan fingerprint density at radius 2 is 1.22 bits per heavy atom. The van der Waals surface area contributed by atoms with Crippen molar-refractivity contribution < 1.29 is 19.5 Å². The SMILES string of the molecule is CCCCc1ccc(NC(=O)Nc2ccc(-c3ccc(C(=O)CC(CCc4ccccc4)C(=O)O)cc3)cc2)cc1. The molecule has 41 heavy (non-hydrogen) atoms. The number of ketones is 1. The molecule has 4 rings (SSSR count). The second kappa shape index (κ2) is 14.6. The van der Waals surface area contributed by atoms with Crippen LogP contribution in [0.3, 0.4) is 0 Å². The van der Waals surface area contributed by atoms with Gasteiger partial charge in [0.2, 0.25) is 0 Å². The summed E-state index contributed by atoms with van der Waals surface area (Å²) in [6, 6.07) is 31.9. The first-order valence-electron chi connectivity index (χ1n) is 14.1. The molecule has 0 aliphatic rings. The summed E-state index contributed by atoms with van der Waals surface area (Å²) in [7, 11) is 0. The molecule has 0 aliphatic carbocycles. The number of urea groups is 1. The maximum absolute atomic E-state index is 12.8. The molecule has 0 aromatic heterocycles. The Balaban J connectivity index is 1.29. The highest BCUT2D eigenvalue weighted by molar-refractivity contribution is 6.00. The predicted molar refractivity (Wildman–Crippen MR) is 164 cm³/mol. The number of Topliss-reactive ketones (excluding diaryl/α,β-unsaturated/α-hetero) is 1. The van der Waals surface area contributed by atoms with Gasteiger partial charge in [0.15, 0.2) is 5.78 Å². The third-order valence-electron chi connectivity index (χ3n) is 7.12. The molecule has 0 aliphatic heterocycles. The van der Waals surface area contributed by atoms with Gasteiger partial charge in [-0.2, -0.15) is 0 Å². The molecular weight excluding hydrogens is 512 g/mol. The lowest BCUT2D eigenvalue weighted by molar-refractivity contribution is -0.141. The van der Waals surface area contributed by atoms with Gasteiger partial charge in [-0.15, -0.1) is 0 Å². The van der Waals surface area contributed by atoms with Crippen LogP contribution >= 0.6 is 0 Å². The zero-order chi connectivity index (χ0) is 29.0. The third-order valence-corrected chi connectivity index (χ3v) is 7.12. The van der Waals surface area contributed by atoms with Gasteiger partial charge in [-0.3, -0.25) is 9.59 Å². The zero-order valence-corrected chi connectivity index (χ0v) is 23.3. The summed E-state index contributed by atoms with van der Waals surface area (Å²) in [6.45, 7) is 2.17. The number of amides is 2. The van der Waals surface area contributed by atoms with Crippen molar-refractivity contribution in [2.75, 3.05) is 10.6 Å². The van der Waals surface area contributed by atoms with Crippen molar-refractivity contribution in [2.24, 2.45) is 5.92 Å². The van der Waals surface area contributed by atoms with Gasteiger partial charge in [0.05, 0.1) is 5.92 Å². The molecule has 6 nitrogen and oxygen atoms in total.